The highest BCUT2D eigenvalue weighted by Gasteiger charge is 2.34. The predicted octanol–water partition coefficient (Wildman–Crippen LogP) is 5.26. The molecule has 1 amide bonds. The van der Waals surface area contributed by atoms with Gasteiger partial charge in [0.2, 0.25) is 5.43 Å². The summed E-state index contributed by atoms with van der Waals surface area (Å²) in [5.74, 6) is -2.04. The van der Waals surface area contributed by atoms with Gasteiger partial charge in [0.25, 0.3) is 5.91 Å². The normalized spacial score (nSPS) is 17.6. The van der Waals surface area contributed by atoms with Gasteiger partial charge in [-0.05, 0) is 63.9 Å². The molecule has 2 aromatic carbocycles. The van der Waals surface area contributed by atoms with E-state index >= 15 is 4.39 Å². The van der Waals surface area contributed by atoms with Crippen molar-refractivity contribution in [3.63, 3.8) is 0 Å². The largest absolute Gasteiger partial charge is 0.492 e. The van der Waals surface area contributed by atoms with Crippen LogP contribution in [0, 0.1) is 12.7 Å². The number of hydrogen-bond donors (Lipinski definition) is 2. The number of carboxylic acids is 1. The number of aromatic nitrogens is 1. The van der Waals surface area contributed by atoms with E-state index in [0.29, 0.717) is 34.2 Å². The van der Waals surface area contributed by atoms with E-state index in [9.17, 15) is 19.5 Å². The molecule has 4 rings (SSSR count). The Bertz CT molecular complexity index is 1570. The van der Waals surface area contributed by atoms with Gasteiger partial charge < -0.3 is 24.6 Å². The number of carboxylic acid groups (broad SMARTS) is 1. The average molecular weight is 622 g/mol. The van der Waals surface area contributed by atoms with Gasteiger partial charge in [-0.1, -0.05) is 23.2 Å². The number of amides is 1. The molecule has 1 aliphatic rings. The van der Waals surface area contributed by atoms with Crippen molar-refractivity contribution < 1.29 is 23.8 Å². The first-order valence-corrected chi connectivity index (χ1v) is 14.4. The molecular formula is C30H35Cl2FN4O5. The molecule has 1 aromatic heterocycles. The molecular weight excluding hydrogens is 586 g/mol. The molecule has 2 heterocycles. The molecule has 12 heteroatoms. The van der Waals surface area contributed by atoms with Crippen molar-refractivity contribution in [1.29, 1.82) is 0 Å². The Morgan fingerprint density at radius 3 is 2.36 bits per heavy atom. The first-order valence-electron chi connectivity index (χ1n) is 13.7. The molecule has 0 unspecified atom stereocenters. The van der Waals surface area contributed by atoms with Gasteiger partial charge in [-0.15, -0.1) is 0 Å². The van der Waals surface area contributed by atoms with Crippen molar-refractivity contribution in [2.45, 2.75) is 59.3 Å². The summed E-state index contributed by atoms with van der Waals surface area (Å²) in [6.45, 7) is 10.1. The molecule has 42 heavy (non-hydrogen) atoms. The SMILES string of the molecule is COc1c(N2C[C@@H](C)N(CC(=O)O)[C@@H](C)C2)c(F)cc2c(=O)c(C(=O)NCc3c(C)cc(Cl)cc3Cl)cn(C(C)C)c12. The number of ether oxygens (including phenoxy) is 1. The van der Waals surface area contributed by atoms with Gasteiger partial charge in [0, 0.05) is 54.0 Å². The van der Waals surface area contributed by atoms with Crippen LogP contribution in [0.15, 0.2) is 29.2 Å². The number of pyridine rings is 1. The molecule has 3 aromatic rings. The highest BCUT2D eigenvalue weighted by Crippen LogP contribution is 2.40. The van der Waals surface area contributed by atoms with Crippen molar-refractivity contribution >= 4 is 51.7 Å². The van der Waals surface area contributed by atoms with E-state index in [1.54, 1.807) is 16.7 Å². The van der Waals surface area contributed by atoms with Crippen molar-refractivity contribution in [1.82, 2.24) is 14.8 Å². The standard InChI is InChI=1S/C30H35Cl2FN4O5/c1-15(2)36-13-22(30(41)34-10-21-16(3)7-19(31)8-23(21)32)28(40)20-9-24(33)27(29(42-6)26(20)36)35-11-17(4)37(14-25(38)39)18(5)12-35/h7-9,13,15,17-18H,10-12,14H2,1-6H3,(H,34,41)(H,38,39)/t17-,18+. The number of fused-ring (bicyclic) bond motifs is 1. The lowest BCUT2D eigenvalue weighted by Crippen LogP contribution is -2.58. The smallest absolute Gasteiger partial charge is 0.317 e. The second-order valence-corrected chi connectivity index (χ2v) is 11.9. The van der Waals surface area contributed by atoms with E-state index < -0.39 is 23.1 Å². The van der Waals surface area contributed by atoms with Crippen LogP contribution in [0.2, 0.25) is 10.0 Å². The lowest BCUT2D eigenvalue weighted by atomic mass is 10.0. The highest BCUT2D eigenvalue weighted by atomic mass is 35.5. The third-order valence-electron chi connectivity index (χ3n) is 7.75. The predicted molar refractivity (Wildman–Crippen MR) is 163 cm³/mol. The summed E-state index contributed by atoms with van der Waals surface area (Å²) in [7, 11) is 1.42. The number of nitrogens with zero attached hydrogens (tertiary/aromatic N) is 3. The second-order valence-electron chi connectivity index (χ2n) is 11.0. The molecule has 0 aliphatic carbocycles. The van der Waals surface area contributed by atoms with Crippen LogP contribution in [0.1, 0.15) is 55.2 Å². The minimum Gasteiger partial charge on any atom is -0.492 e. The van der Waals surface area contributed by atoms with Gasteiger partial charge in [-0.25, -0.2) is 4.39 Å². The van der Waals surface area contributed by atoms with Gasteiger partial charge in [0.05, 0.1) is 24.6 Å². The fraction of sp³-hybridized carbons (Fsp3) is 0.433. The molecule has 1 fully saturated rings. The number of aliphatic carboxylic acids is 1. The lowest BCUT2D eigenvalue weighted by Gasteiger charge is -2.45. The zero-order valence-corrected chi connectivity index (χ0v) is 25.9. The van der Waals surface area contributed by atoms with Crippen molar-refractivity contribution in [3.05, 3.63) is 67.2 Å². The van der Waals surface area contributed by atoms with Gasteiger partial charge in [0.15, 0.2) is 11.6 Å². The Hall–Kier alpha value is -3.34. The number of methoxy groups -OCH3 is 1. The zero-order valence-electron chi connectivity index (χ0n) is 24.4. The van der Waals surface area contributed by atoms with Crippen LogP contribution in [0.25, 0.3) is 10.9 Å². The molecule has 1 saturated heterocycles. The Morgan fingerprint density at radius 2 is 1.81 bits per heavy atom. The summed E-state index contributed by atoms with van der Waals surface area (Å²) in [5, 5.41) is 13.0. The van der Waals surface area contributed by atoms with Crippen LogP contribution in [-0.2, 0) is 11.3 Å². The van der Waals surface area contributed by atoms with Crippen molar-refractivity contribution in [3.8, 4) is 5.75 Å². The van der Waals surface area contributed by atoms with E-state index in [2.05, 4.69) is 5.32 Å². The fourth-order valence-corrected chi connectivity index (χ4v) is 6.39. The van der Waals surface area contributed by atoms with Gasteiger partial charge in [0.1, 0.15) is 11.3 Å². The molecule has 0 radical (unpaired) electrons. The molecule has 226 valence electrons. The summed E-state index contributed by atoms with van der Waals surface area (Å²) in [5.41, 5.74) is 1.25. The quantitative estimate of drug-likeness (QED) is 0.354. The maximum Gasteiger partial charge on any atom is 0.317 e. The molecule has 9 nitrogen and oxygen atoms in total. The maximum absolute atomic E-state index is 15.9. The number of aryl methyl sites for hydroxylation is 1. The van der Waals surface area contributed by atoms with Crippen LogP contribution in [0.5, 0.6) is 5.75 Å². The van der Waals surface area contributed by atoms with Crippen LogP contribution in [-0.4, -0.2) is 65.3 Å². The maximum atomic E-state index is 15.9. The van der Waals surface area contributed by atoms with Crippen LogP contribution in [0.3, 0.4) is 0 Å². The highest BCUT2D eigenvalue weighted by molar-refractivity contribution is 6.35. The number of benzene rings is 2. The van der Waals surface area contributed by atoms with E-state index in [1.807, 2.05) is 44.4 Å². The van der Waals surface area contributed by atoms with E-state index in [1.165, 1.54) is 13.3 Å². The minimum absolute atomic E-state index is 0.0146. The fourth-order valence-electron chi connectivity index (χ4n) is 5.73. The number of carbonyl (C=O) groups is 2. The summed E-state index contributed by atoms with van der Waals surface area (Å²) in [6.07, 6.45) is 1.47. The summed E-state index contributed by atoms with van der Waals surface area (Å²) in [6, 6.07) is 3.90. The van der Waals surface area contributed by atoms with Gasteiger partial charge in [-0.2, -0.15) is 0 Å². The average Bonchev–Trinajstić information content (AvgIpc) is 2.89. The first-order chi connectivity index (χ1) is 19.7. The number of hydrogen-bond acceptors (Lipinski definition) is 6. The van der Waals surface area contributed by atoms with Crippen LogP contribution >= 0.6 is 23.2 Å². The third kappa shape index (κ3) is 6.07. The molecule has 0 bridgehead atoms. The monoisotopic (exact) mass is 620 g/mol. The Morgan fingerprint density at radius 1 is 1.17 bits per heavy atom. The number of anilines is 1. The Kier molecular flexibility index (Phi) is 9.39. The summed E-state index contributed by atoms with van der Waals surface area (Å²) < 4.78 is 23.5. The molecule has 2 atom stereocenters. The van der Waals surface area contributed by atoms with Gasteiger partial charge in [-0.3, -0.25) is 19.3 Å². The third-order valence-corrected chi connectivity index (χ3v) is 8.30. The number of halogens is 3. The number of nitrogens with one attached hydrogen (secondary N) is 1. The van der Waals surface area contributed by atoms with E-state index in [0.717, 1.165) is 11.6 Å². The lowest BCUT2D eigenvalue weighted by molar-refractivity contribution is -0.139. The van der Waals surface area contributed by atoms with E-state index in [-0.39, 0.29) is 53.6 Å². The van der Waals surface area contributed by atoms with Crippen LogP contribution in [0.4, 0.5) is 10.1 Å². The van der Waals surface area contributed by atoms with Crippen LogP contribution < -0.4 is 20.4 Å². The molecule has 2 N–H and O–H groups in total. The molecule has 1 aliphatic heterocycles. The summed E-state index contributed by atoms with van der Waals surface area (Å²) in [4.78, 5) is 42.0. The van der Waals surface area contributed by atoms with E-state index in [4.69, 9.17) is 27.9 Å². The Balaban J connectivity index is 1.78. The van der Waals surface area contributed by atoms with Gasteiger partial charge >= 0.3 is 5.97 Å². The minimum atomic E-state index is -0.927. The topological polar surface area (TPSA) is 104 Å². The Labute approximate surface area is 253 Å². The van der Waals surface area contributed by atoms with Crippen molar-refractivity contribution in [2.24, 2.45) is 0 Å². The number of piperazine rings is 1. The number of rotatable bonds is 8. The second kappa shape index (κ2) is 12.5. The molecule has 0 spiro atoms. The van der Waals surface area contributed by atoms with Crippen molar-refractivity contribution in [2.75, 3.05) is 31.6 Å². The first kappa shape index (κ1) is 31.6. The zero-order chi connectivity index (χ0) is 31.0. The molecule has 0 saturated carbocycles. The number of carbonyl (C=O) groups excluding carboxylic acids is 1. The summed E-state index contributed by atoms with van der Waals surface area (Å²) >= 11 is 12.4.